The molecule has 0 unspecified atom stereocenters. The van der Waals surface area contributed by atoms with Crippen molar-refractivity contribution >= 4 is 10.9 Å². The molecule has 0 bridgehead atoms. The normalized spacial score (nSPS) is 25.9. The maximum absolute atomic E-state index is 3.72. The molecule has 25 heavy (non-hydrogen) atoms. The largest absolute Gasteiger partial charge is 0.358 e. The molecule has 2 aliphatic rings. The van der Waals surface area contributed by atoms with E-state index in [1.165, 1.54) is 47.8 Å². The average molecular weight is 330 g/mol. The number of nitrogens with zero attached hydrogens (tertiary/aromatic N) is 1. The van der Waals surface area contributed by atoms with Crippen molar-refractivity contribution in [2.45, 2.75) is 51.2 Å². The Bertz CT molecular complexity index is 880. The molecule has 1 fully saturated rings. The van der Waals surface area contributed by atoms with Crippen LogP contribution in [0.3, 0.4) is 0 Å². The van der Waals surface area contributed by atoms with Gasteiger partial charge in [-0.25, -0.2) is 0 Å². The highest BCUT2D eigenvalue weighted by Gasteiger charge is 2.44. The topological polar surface area (TPSA) is 19.0 Å². The number of likely N-dealkylation sites (tertiary alicyclic amines) is 1. The third kappa shape index (κ3) is 2.43. The lowest BCUT2D eigenvalue weighted by Gasteiger charge is -2.34. The molecule has 5 rings (SSSR count). The highest BCUT2D eigenvalue weighted by Crippen LogP contribution is 2.50. The van der Waals surface area contributed by atoms with Crippen molar-refractivity contribution in [3.8, 4) is 0 Å². The minimum absolute atomic E-state index is 0.574. The molecule has 2 heteroatoms. The number of rotatable bonds is 3. The van der Waals surface area contributed by atoms with Gasteiger partial charge in [0.25, 0.3) is 0 Å². The van der Waals surface area contributed by atoms with Crippen LogP contribution in [0.5, 0.6) is 0 Å². The van der Waals surface area contributed by atoms with E-state index in [4.69, 9.17) is 0 Å². The molecule has 3 atom stereocenters. The van der Waals surface area contributed by atoms with Gasteiger partial charge in [0.15, 0.2) is 0 Å². The second-order valence-electron chi connectivity index (χ2n) is 7.76. The predicted molar refractivity (Wildman–Crippen MR) is 104 cm³/mol. The lowest BCUT2D eigenvalue weighted by molar-refractivity contribution is 0.161. The summed E-state index contributed by atoms with van der Waals surface area (Å²) in [4.78, 5) is 6.52. The smallest absolute Gasteiger partial charge is 0.0459 e. The number of benzene rings is 2. The standard InChI is InChI=1S/C23H26N2/c1-2-18-14-17-12-13-21-22(19-10-6-7-11-20(19)24-21)23(17)25(18)15-16-8-4-3-5-9-16/h3-11,17-18,23-24H,2,12-15H2,1H3/t17-,18+,23+/m0/s1. The Hall–Kier alpha value is -2.06. The second kappa shape index (κ2) is 6.03. The molecular formula is C23H26N2. The van der Waals surface area contributed by atoms with Crippen LogP contribution in [0.15, 0.2) is 54.6 Å². The number of aromatic amines is 1. The molecule has 2 aromatic carbocycles. The molecule has 0 saturated carbocycles. The minimum Gasteiger partial charge on any atom is -0.358 e. The zero-order chi connectivity index (χ0) is 16.8. The van der Waals surface area contributed by atoms with E-state index in [9.17, 15) is 0 Å². The molecule has 1 saturated heterocycles. The molecule has 0 spiro atoms. The first-order valence-corrected chi connectivity index (χ1v) is 9.74. The van der Waals surface area contributed by atoms with Crippen LogP contribution in [0.1, 0.15) is 49.0 Å². The number of aromatic nitrogens is 1. The van der Waals surface area contributed by atoms with Crippen molar-refractivity contribution in [1.29, 1.82) is 0 Å². The molecule has 3 aromatic rings. The molecule has 2 heterocycles. The third-order valence-electron chi connectivity index (χ3n) is 6.42. The molecular weight excluding hydrogens is 304 g/mol. The maximum Gasteiger partial charge on any atom is 0.0459 e. The Kier molecular flexibility index (Phi) is 3.67. The van der Waals surface area contributed by atoms with Crippen molar-refractivity contribution in [2.24, 2.45) is 5.92 Å². The Balaban J connectivity index is 1.60. The second-order valence-corrected chi connectivity index (χ2v) is 7.76. The summed E-state index contributed by atoms with van der Waals surface area (Å²) >= 11 is 0. The third-order valence-corrected chi connectivity index (χ3v) is 6.42. The van der Waals surface area contributed by atoms with E-state index < -0.39 is 0 Å². The van der Waals surface area contributed by atoms with E-state index >= 15 is 0 Å². The SMILES string of the molecule is CC[C@@H]1C[C@@H]2CCc3[nH]c4ccccc4c3[C@@H]2N1Cc1ccccc1. The lowest BCUT2D eigenvalue weighted by atomic mass is 9.82. The molecule has 128 valence electrons. The van der Waals surface area contributed by atoms with Gasteiger partial charge < -0.3 is 4.98 Å². The van der Waals surface area contributed by atoms with Gasteiger partial charge in [0.2, 0.25) is 0 Å². The molecule has 0 radical (unpaired) electrons. The van der Waals surface area contributed by atoms with Crippen LogP contribution < -0.4 is 0 Å². The van der Waals surface area contributed by atoms with E-state index in [-0.39, 0.29) is 0 Å². The van der Waals surface area contributed by atoms with Gasteiger partial charge in [-0.1, -0.05) is 55.5 Å². The summed E-state index contributed by atoms with van der Waals surface area (Å²) < 4.78 is 0. The molecule has 2 nitrogen and oxygen atoms in total. The average Bonchev–Trinajstić information content (AvgIpc) is 3.20. The fraction of sp³-hybridized carbons (Fsp3) is 0.391. The van der Waals surface area contributed by atoms with E-state index in [0.717, 1.165) is 12.5 Å². The first kappa shape index (κ1) is 15.2. The molecule has 0 amide bonds. The summed E-state index contributed by atoms with van der Waals surface area (Å²) in [6.07, 6.45) is 5.14. The minimum atomic E-state index is 0.574. The number of hydrogen-bond donors (Lipinski definition) is 1. The summed E-state index contributed by atoms with van der Waals surface area (Å²) in [5, 5.41) is 1.45. The van der Waals surface area contributed by atoms with Gasteiger partial charge in [-0.05, 0) is 48.8 Å². The van der Waals surface area contributed by atoms with Gasteiger partial charge in [0.05, 0.1) is 0 Å². The molecule has 1 aliphatic carbocycles. The Morgan fingerprint density at radius 2 is 1.84 bits per heavy atom. The number of hydrogen-bond acceptors (Lipinski definition) is 1. The van der Waals surface area contributed by atoms with Crippen molar-refractivity contribution in [1.82, 2.24) is 9.88 Å². The van der Waals surface area contributed by atoms with Crippen molar-refractivity contribution in [3.63, 3.8) is 0 Å². The molecule has 1 N–H and O–H groups in total. The fourth-order valence-corrected chi connectivity index (χ4v) is 5.30. The van der Waals surface area contributed by atoms with Crippen molar-refractivity contribution in [3.05, 3.63) is 71.4 Å². The summed E-state index contributed by atoms with van der Waals surface area (Å²) in [7, 11) is 0. The van der Waals surface area contributed by atoms with E-state index in [2.05, 4.69) is 71.4 Å². The maximum atomic E-state index is 3.72. The number of nitrogens with one attached hydrogen (secondary N) is 1. The summed E-state index contributed by atoms with van der Waals surface area (Å²) in [6, 6.07) is 21.2. The molecule has 1 aliphatic heterocycles. The highest BCUT2D eigenvalue weighted by atomic mass is 15.2. The zero-order valence-corrected chi connectivity index (χ0v) is 14.9. The van der Waals surface area contributed by atoms with Crippen LogP contribution in [0.25, 0.3) is 10.9 Å². The summed E-state index contributed by atoms with van der Waals surface area (Å²) in [6.45, 7) is 3.43. The lowest BCUT2D eigenvalue weighted by Crippen LogP contribution is -2.33. The van der Waals surface area contributed by atoms with Crippen LogP contribution in [0, 0.1) is 5.92 Å². The van der Waals surface area contributed by atoms with Crippen LogP contribution in [0.4, 0.5) is 0 Å². The number of para-hydroxylation sites is 1. The van der Waals surface area contributed by atoms with Gasteiger partial charge in [-0.2, -0.15) is 0 Å². The first-order valence-electron chi connectivity index (χ1n) is 9.74. The summed E-state index contributed by atoms with van der Waals surface area (Å²) in [5.41, 5.74) is 5.83. The Morgan fingerprint density at radius 3 is 2.68 bits per heavy atom. The number of fused-ring (bicyclic) bond motifs is 5. The van der Waals surface area contributed by atoms with E-state index in [0.29, 0.717) is 12.1 Å². The highest BCUT2D eigenvalue weighted by molar-refractivity contribution is 5.85. The number of aryl methyl sites for hydroxylation is 1. The van der Waals surface area contributed by atoms with Gasteiger partial charge in [-0.3, -0.25) is 4.90 Å². The van der Waals surface area contributed by atoms with Crippen molar-refractivity contribution in [2.75, 3.05) is 0 Å². The number of H-pyrrole nitrogens is 1. The van der Waals surface area contributed by atoms with E-state index in [1.54, 1.807) is 5.56 Å². The van der Waals surface area contributed by atoms with Gasteiger partial charge in [0.1, 0.15) is 0 Å². The van der Waals surface area contributed by atoms with E-state index in [1.807, 2.05) is 0 Å². The van der Waals surface area contributed by atoms with Crippen molar-refractivity contribution < 1.29 is 0 Å². The Morgan fingerprint density at radius 1 is 1.04 bits per heavy atom. The fourth-order valence-electron chi connectivity index (χ4n) is 5.30. The van der Waals surface area contributed by atoms with Gasteiger partial charge in [-0.15, -0.1) is 0 Å². The van der Waals surface area contributed by atoms with Crippen LogP contribution in [0.2, 0.25) is 0 Å². The Labute approximate surface area is 149 Å². The van der Waals surface area contributed by atoms with Gasteiger partial charge >= 0.3 is 0 Å². The molecule has 1 aromatic heterocycles. The quantitative estimate of drug-likeness (QED) is 0.676. The van der Waals surface area contributed by atoms with Gasteiger partial charge in [0, 0.05) is 35.2 Å². The van der Waals surface area contributed by atoms with Crippen LogP contribution >= 0.6 is 0 Å². The monoisotopic (exact) mass is 330 g/mol. The zero-order valence-electron chi connectivity index (χ0n) is 14.9. The summed E-state index contributed by atoms with van der Waals surface area (Å²) in [5.74, 6) is 0.806. The van der Waals surface area contributed by atoms with Crippen LogP contribution in [-0.4, -0.2) is 15.9 Å². The van der Waals surface area contributed by atoms with Crippen LogP contribution in [-0.2, 0) is 13.0 Å². The predicted octanol–water partition coefficient (Wildman–Crippen LogP) is 5.46. The first-order chi connectivity index (χ1) is 12.3.